The van der Waals surface area contributed by atoms with Crippen LogP contribution in [-0.2, 0) is 4.79 Å². The quantitative estimate of drug-likeness (QED) is 0.845. The van der Waals surface area contributed by atoms with E-state index in [0.29, 0.717) is 31.9 Å². The average Bonchev–Trinajstić information content (AvgIpc) is 2.37. The number of nitrogen functional groups attached to an aromatic ring is 1. The monoisotopic (exact) mass is 287 g/mol. The molecule has 1 saturated heterocycles. The molecule has 0 saturated carbocycles. The molecule has 0 bridgehead atoms. The zero-order valence-corrected chi connectivity index (χ0v) is 10.9. The standard InChI is InChI=1S/C13H16F3N3O/c14-13(15,16)9-12(20)19-6-4-18(5-7-19)11-3-1-2-10(17)8-11/h1-3,8H,4-7,9,17H2. The van der Waals surface area contributed by atoms with Crippen LogP contribution in [0.1, 0.15) is 6.42 Å². The van der Waals surface area contributed by atoms with Gasteiger partial charge in [0.2, 0.25) is 5.91 Å². The van der Waals surface area contributed by atoms with E-state index >= 15 is 0 Å². The number of piperazine rings is 1. The van der Waals surface area contributed by atoms with Gasteiger partial charge in [0.25, 0.3) is 0 Å². The van der Waals surface area contributed by atoms with Gasteiger partial charge in [-0.2, -0.15) is 13.2 Å². The van der Waals surface area contributed by atoms with Gasteiger partial charge in [0, 0.05) is 37.6 Å². The summed E-state index contributed by atoms with van der Waals surface area (Å²) in [6, 6.07) is 7.30. The first kappa shape index (κ1) is 14.5. The van der Waals surface area contributed by atoms with Crippen LogP contribution in [0.3, 0.4) is 0 Å². The zero-order chi connectivity index (χ0) is 14.8. The fraction of sp³-hybridized carbons (Fsp3) is 0.462. The van der Waals surface area contributed by atoms with Crippen LogP contribution in [-0.4, -0.2) is 43.2 Å². The summed E-state index contributed by atoms with van der Waals surface area (Å²) < 4.78 is 36.5. The maximum absolute atomic E-state index is 12.2. The molecule has 0 atom stereocenters. The van der Waals surface area contributed by atoms with Crippen LogP contribution in [0.15, 0.2) is 24.3 Å². The van der Waals surface area contributed by atoms with Gasteiger partial charge >= 0.3 is 6.18 Å². The highest BCUT2D eigenvalue weighted by atomic mass is 19.4. The van der Waals surface area contributed by atoms with Gasteiger partial charge in [-0.1, -0.05) is 6.07 Å². The van der Waals surface area contributed by atoms with Gasteiger partial charge in [0.1, 0.15) is 6.42 Å². The van der Waals surface area contributed by atoms with Crippen LogP contribution in [0.2, 0.25) is 0 Å². The van der Waals surface area contributed by atoms with E-state index in [-0.39, 0.29) is 0 Å². The van der Waals surface area contributed by atoms with E-state index in [1.165, 1.54) is 4.90 Å². The Balaban J connectivity index is 1.91. The van der Waals surface area contributed by atoms with Gasteiger partial charge in [0.05, 0.1) is 0 Å². The van der Waals surface area contributed by atoms with Gasteiger partial charge in [-0.05, 0) is 18.2 Å². The Morgan fingerprint density at radius 1 is 1.20 bits per heavy atom. The van der Waals surface area contributed by atoms with E-state index in [1.54, 1.807) is 6.07 Å². The summed E-state index contributed by atoms with van der Waals surface area (Å²) in [6.07, 6.45) is -5.83. The Morgan fingerprint density at radius 3 is 2.40 bits per heavy atom. The summed E-state index contributed by atoms with van der Waals surface area (Å²) in [5.41, 5.74) is 7.26. The number of halogens is 3. The van der Waals surface area contributed by atoms with E-state index in [0.717, 1.165) is 5.69 Å². The van der Waals surface area contributed by atoms with E-state index in [2.05, 4.69) is 0 Å². The fourth-order valence-corrected chi connectivity index (χ4v) is 2.22. The Kier molecular flexibility index (Phi) is 4.06. The molecule has 1 amide bonds. The van der Waals surface area contributed by atoms with Crippen molar-refractivity contribution < 1.29 is 18.0 Å². The van der Waals surface area contributed by atoms with Crippen molar-refractivity contribution in [2.75, 3.05) is 36.8 Å². The highest BCUT2D eigenvalue weighted by molar-refractivity contribution is 5.77. The average molecular weight is 287 g/mol. The normalized spacial score (nSPS) is 16.4. The lowest BCUT2D eigenvalue weighted by Gasteiger charge is -2.36. The molecule has 0 aliphatic carbocycles. The van der Waals surface area contributed by atoms with Crippen molar-refractivity contribution in [2.24, 2.45) is 0 Å². The number of benzene rings is 1. The van der Waals surface area contributed by atoms with Crippen molar-refractivity contribution in [3.8, 4) is 0 Å². The molecule has 1 fully saturated rings. The first-order valence-corrected chi connectivity index (χ1v) is 6.30. The third kappa shape index (κ3) is 3.79. The van der Waals surface area contributed by atoms with Crippen molar-refractivity contribution in [3.05, 3.63) is 24.3 Å². The fourth-order valence-electron chi connectivity index (χ4n) is 2.22. The topological polar surface area (TPSA) is 49.6 Å². The summed E-state index contributed by atoms with van der Waals surface area (Å²) in [7, 11) is 0. The number of carbonyl (C=O) groups excluding carboxylic acids is 1. The van der Waals surface area contributed by atoms with Crippen LogP contribution in [0.4, 0.5) is 24.5 Å². The van der Waals surface area contributed by atoms with Crippen LogP contribution >= 0.6 is 0 Å². The second kappa shape index (κ2) is 5.60. The summed E-state index contributed by atoms with van der Waals surface area (Å²) in [5, 5.41) is 0. The molecule has 110 valence electrons. The third-order valence-electron chi connectivity index (χ3n) is 3.22. The summed E-state index contributed by atoms with van der Waals surface area (Å²) >= 11 is 0. The SMILES string of the molecule is Nc1cccc(N2CCN(C(=O)CC(F)(F)F)CC2)c1. The molecule has 1 aromatic carbocycles. The van der Waals surface area contributed by atoms with Crippen molar-refractivity contribution in [2.45, 2.75) is 12.6 Å². The number of carbonyl (C=O) groups is 1. The molecule has 0 unspecified atom stereocenters. The highest BCUT2D eigenvalue weighted by Gasteiger charge is 2.34. The predicted octanol–water partition coefficient (Wildman–Crippen LogP) is 1.87. The van der Waals surface area contributed by atoms with Gasteiger partial charge in [-0.15, -0.1) is 0 Å². The highest BCUT2D eigenvalue weighted by Crippen LogP contribution is 2.23. The van der Waals surface area contributed by atoms with Crippen molar-refractivity contribution in [1.29, 1.82) is 0 Å². The number of hydrogen-bond donors (Lipinski definition) is 1. The maximum Gasteiger partial charge on any atom is 0.397 e. The first-order chi connectivity index (χ1) is 9.35. The number of anilines is 2. The lowest BCUT2D eigenvalue weighted by Crippen LogP contribution is -2.49. The molecule has 2 rings (SSSR count). The van der Waals surface area contributed by atoms with Gasteiger partial charge in [-0.3, -0.25) is 4.79 Å². The lowest BCUT2D eigenvalue weighted by molar-refractivity contribution is -0.161. The van der Waals surface area contributed by atoms with Gasteiger partial charge < -0.3 is 15.5 Å². The minimum Gasteiger partial charge on any atom is -0.399 e. The van der Waals surface area contributed by atoms with Gasteiger partial charge in [-0.25, -0.2) is 0 Å². The molecule has 20 heavy (non-hydrogen) atoms. The summed E-state index contributed by atoms with van der Waals surface area (Å²) in [4.78, 5) is 14.7. The Labute approximate surface area is 114 Å². The van der Waals surface area contributed by atoms with E-state index in [1.807, 2.05) is 23.1 Å². The molecule has 0 aromatic heterocycles. The molecule has 1 aliphatic rings. The predicted molar refractivity (Wildman–Crippen MR) is 70.3 cm³/mol. The second-order valence-corrected chi connectivity index (χ2v) is 4.75. The molecule has 0 spiro atoms. The Morgan fingerprint density at radius 2 is 1.85 bits per heavy atom. The van der Waals surface area contributed by atoms with Gasteiger partial charge in [0.15, 0.2) is 0 Å². The van der Waals surface area contributed by atoms with Crippen molar-refractivity contribution >= 4 is 17.3 Å². The molecule has 2 N–H and O–H groups in total. The number of amides is 1. The lowest BCUT2D eigenvalue weighted by atomic mass is 10.2. The Hall–Kier alpha value is -1.92. The Bertz CT molecular complexity index is 482. The molecule has 1 heterocycles. The van der Waals surface area contributed by atoms with Crippen LogP contribution in [0.25, 0.3) is 0 Å². The van der Waals surface area contributed by atoms with E-state index in [4.69, 9.17) is 5.73 Å². The third-order valence-corrected chi connectivity index (χ3v) is 3.22. The van der Waals surface area contributed by atoms with E-state index < -0.39 is 18.5 Å². The number of alkyl halides is 3. The second-order valence-electron chi connectivity index (χ2n) is 4.75. The molecular weight excluding hydrogens is 271 g/mol. The molecule has 0 radical (unpaired) electrons. The van der Waals surface area contributed by atoms with Crippen molar-refractivity contribution in [1.82, 2.24) is 4.90 Å². The molecule has 4 nitrogen and oxygen atoms in total. The largest absolute Gasteiger partial charge is 0.399 e. The van der Waals surface area contributed by atoms with Crippen LogP contribution in [0, 0.1) is 0 Å². The summed E-state index contributed by atoms with van der Waals surface area (Å²) in [6.45, 7) is 1.60. The smallest absolute Gasteiger partial charge is 0.397 e. The van der Waals surface area contributed by atoms with Crippen LogP contribution in [0.5, 0.6) is 0 Å². The van der Waals surface area contributed by atoms with Crippen molar-refractivity contribution in [3.63, 3.8) is 0 Å². The molecule has 1 aliphatic heterocycles. The minimum absolute atomic E-state index is 0.295. The molecule has 1 aromatic rings. The zero-order valence-electron chi connectivity index (χ0n) is 10.9. The number of nitrogens with two attached hydrogens (primary N) is 1. The maximum atomic E-state index is 12.2. The first-order valence-electron chi connectivity index (χ1n) is 6.30. The number of hydrogen-bond acceptors (Lipinski definition) is 3. The minimum atomic E-state index is -4.44. The number of rotatable bonds is 2. The van der Waals surface area contributed by atoms with Crippen LogP contribution < -0.4 is 10.6 Å². The number of nitrogens with zero attached hydrogens (tertiary/aromatic N) is 2. The van der Waals surface area contributed by atoms with E-state index in [9.17, 15) is 18.0 Å². The molecule has 7 heteroatoms. The summed E-state index contributed by atoms with van der Waals surface area (Å²) in [5.74, 6) is -0.857. The molecular formula is C13H16F3N3O.